The van der Waals surface area contributed by atoms with Crippen molar-refractivity contribution in [3.05, 3.63) is 59.1 Å². The fourth-order valence-corrected chi connectivity index (χ4v) is 2.30. The van der Waals surface area contributed by atoms with Crippen LogP contribution in [0.4, 0.5) is 5.69 Å². The lowest BCUT2D eigenvalue weighted by atomic mass is 10.1. The smallest absolute Gasteiger partial charge is 0.119 e. The molecule has 2 aromatic rings. The van der Waals surface area contributed by atoms with Crippen molar-refractivity contribution in [2.45, 2.75) is 25.8 Å². The molecule has 0 spiro atoms. The summed E-state index contributed by atoms with van der Waals surface area (Å²) in [5, 5.41) is 4.15. The van der Waals surface area contributed by atoms with Gasteiger partial charge in [0, 0.05) is 22.7 Å². The Hall–Kier alpha value is -2.11. The summed E-state index contributed by atoms with van der Waals surface area (Å²) in [6.45, 7) is 2.12. The zero-order valence-electron chi connectivity index (χ0n) is 12.9. The molecule has 0 saturated carbocycles. The fraction of sp³-hybridized carbons (Fsp3) is 0.263. The molecule has 2 rings (SSSR count). The predicted molar refractivity (Wildman–Crippen MR) is 93.5 cm³/mol. The first-order chi connectivity index (χ1) is 10.7. The van der Waals surface area contributed by atoms with Crippen LogP contribution in [0.3, 0.4) is 0 Å². The average Bonchev–Trinajstić information content (AvgIpc) is 2.55. The molecule has 1 N–H and O–H groups in total. The van der Waals surface area contributed by atoms with Gasteiger partial charge in [-0.1, -0.05) is 42.6 Å². The van der Waals surface area contributed by atoms with Gasteiger partial charge in [0.05, 0.1) is 7.11 Å². The molecule has 2 aromatic carbocycles. The minimum Gasteiger partial charge on any atom is -0.497 e. The Morgan fingerprint density at radius 2 is 1.86 bits per heavy atom. The van der Waals surface area contributed by atoms with Crippen LogP contribution in [0, 0.1) is 11.8 Å². The van der Waals surface area contributed by atoms with E-state index in [1.165, 1.54) is 0 Å². The van der Waals surface area contributed by atoms with Crippen LogP contribution >= 0.6 is 11.6 Å². The van der Waals surface area contributed by atoms with Gasteiger partial charge < -0.3 is 10.1 Å². The third kappa shape index (κ3) is 4.44. The standard InChI is InChI=1S/C19H20ClNO/c1-3-4-5-10-19(17-8-6-7-9-18(17)20)21-15-11-13-16(22-2)14-12-15/h6-9,11-14,19,21H,3-4H2,1-2H3/t19-/m0/s1. The maximum Gasteiger partial charge on any atom is 0.119 e. The Morgan fingerprint density at radius 1 is 1.14 bits per heavy atom. The van der Waals surface area contributed by atoms with Gasteiger partial charge in [0.2, 0.25) is 0 Å². The number of anilines is 1. The van der Waals surface area contributed by atoms with Crippen molar-refractivity contribution in [3.63, 3.8) is 0 Å². The van der Waals surface area contributed by atoms with Crippen LogP contribution in [0.25, 0.3) is 0 Å². The third-order valence-electron chi connectivity index (χ3n) is 3.24. The van der Waals surface area contributed by atoms with E-state index in [1.807, 2.05) is 48.5 Å². The molecular formula is C19H20ClNO. The summed E-state index contributed by atoms with van der Waals surface area (Å²) in [5.41, 5.74) is 1.97. The number of hydrogen-bond acceptors (Lipinski definition) is 2. The quantitative estimate of drug-likeness (QED) is 0.756. The van der Waals surface area contributed by atoms with Crippen molar-refractivity contribution in [3.8, 4) is 17.6 Å². The molecule has 0 aliphatic heterocycles. The summed E-state index contributed by atoms with van der Waals surface area (Å²) in [7, 11) is 1.66. The molecule has 114 valence electrons. The first-order valence-electron chi connectivity index (χ1n) is 7.38. The zero-order valence-corrected chi connectivity index (χ0v) is 13.7. The van der Waals surface area contributed by atoms with E-state index in [9.17, 15) is 0 Å². The molecule has 0 aliphatic carbocycles. The minimum absolute atomic E-state index is 0.131. The lowest BCUT2D eigenvalue weighted by Gasteiger charge is -2.16. The topological polar surface area (TPSA) is 21.3 Å². The number of benzene rings is 2. The Kier molecular flexibility index (Phi) is 6.18. The zero-order chi connectivity index (χ0) is 15.8. The first-order valence-corrected chi connectivity index (χ1v) is 7.75. The number of ether oxygens (including phenoxy) is 1. The highest BCUT2D eigenvalue weighted by Gasteiger charge is 2.11. The normalized spacial score (nSPS) is 11.2. The summed E-state index contributed by atoms with van der Waals surface area (Å²) in [4.78, 5) is 0. The molecule has 0 fully saturated rings. The van der Waals surface area contributed by atoms with Crippen LogP contribution in [0.1, 0.15) is 31.4 Å². The Balaban J connectivity index is 2.24. The van der Waals surface area contributed by atoms with Gasteiger partial charge in [-0.25, -0.2) is 0 Å². The van der Waals surface area contributed by atoms with E-state index in [0.29, 0.717) is 0 Å². The number of halogens is 1. The van der Waals surface area contributed by atoms with Crippen molar-refractivity contribution < 1.29 is 4.74 Å². The van der Waals surface area contributed by atoms with E-state index < -0.39 is 0 Å². The molecule has 0 aromatic heterocycles. The molecule has 2 nitrogen and oxygen atoms in total. The van der Waals surface area contributed by atoms with Crippen molar-refractivity contribution in [2.24, 2.45) is 0 Å². The number of nitrogens with one attached hydrogen (secondary N) is 1. The van der Waals surface area contributed by atoms with Gasteiger partial charge in [-0.2, -0.15) is 0 Å². The second-order valence-corrected chi connectivity index (χ2v) is 5.31. The molecule has 0 amide bonds. The van der Waals surface area contributed by atoms with Crippen LogP contribution in [0.5, 0.6) is 5.75 Å². The van der Waals surface area contributed by atoms with E-state index in [4.69, 9.17) is 16.3 Å². The van der Waals surface area contributed by atoms with Crippen molar-refractivity contribution in [1.82, 2.24) is 0 Å². The van der Waals surface area contributed by atoms with Crippen LogP contribution in [0.15, 0.2) is 48.5 Å². The van der Waals surface area contributed by atoms with E-state index in [-0.39, 0.29) is 6.04 Å². The summed E-state index contributed by atoms with van der Waals surface area (Å²) in [6, 6.07) is 15.5. The average molecular weight is 314 g/mol. The van der Waals surface area contributed by atoms with E-state index >= 15 is 0 Å². The summed E-state index contributed by atoms with van der Waals surface area (Å²) in [5.74, 6) is 7.32. The van der Waals surface area contributed by atoms with Crippen molar-refractivity contribution >= 4 is 17.3 Å². The highest BCUT2D eigenvalue weighted by molar-refractivity contribution is 6.31. The number of rotatable bonds is 5. The number of unbranched alkanes of at least 4 members (excludes halogenated alkanes) is 1. The third-order valence-corrected chi connectivity index (χ3v) is 3.58. The van der Waals surface area contributed by atoms with Crippen LogP contribution in [-0.2, 0) is 0 Å². The van der Waals surface area contributed by atoms with Gasteiger partial charge in [0.15, 0.2) is 0 Å². The first kappa shape index (κ1) is 16.3. The molecular weight excluding hydrogens is 294 g/mol. The minimum atomic E-state index is -0.131. The van der Waals surface area contributed by atoms with Gasteiger partial charge >= 0.3 is 0 Å². The molecule has 0 saturated heterocycles. The van der Waals surface area contributed by atoms with Gasteiger partial charge in [0.1, 0.15) is 11.8 Å². The van der Waals surface area contributed by atoms with E-state index in [0.717, 1.165) is 34.9 Å². The van der Waals surface area contributed by atoms with Gasteiger partial charge in [-0.3, -0.25) is 0 Å². The highest BCUT2D eigenvalue weighted by atomic mass is 35.5. The Bertz CT molecular complexity index is 655. The molecule has 0 bridgehead atoms. The number of hydrogen-bond donors (Lipinski definition) is 1. The Labute approximate surface area is 137 Å². The SMILES string of the molecule is CCCC#C[C@H](Nc1ccc(OC)cc1)c1ccccc1Cl. The van der Waals surface area contributed by atoms with E-state index in [2.05, 4.69) is 24.1 Å². The molecule has 0 unspecified atom stereocenters. The summed E-state index contributed by atoms with van der Waals surface area (Å²) >= 11 is 6.32. The molecule has 3 heteroatoms. The maximum absolute atomic E-state index is 6.32. The lowest BCUT2D eigenvalue weighted by molar-refractivity contribution is 0.415. The van der Waals surface area contributed by atoms with E-state index in [1.54, 1.807) is 7.11 Å². The lowest BCUT2D eigenvalue weighted by Crippen LogP contribution is -2.09. The second-order valence-electron chi connectivity index (χ2n) is 4.90. The monoisotopic (exact) mass is 313 g/mol. The van der Waals surface area contributed by atoms with Crippen molar-refractivity contribution in [1.29, 1.82) is 0 Å². The summed E-state index contributed by atoms with van der Waals surface area (Å²) < 4.78 is 5.18. The molecule has 0 aliphatic rings. The van der Waals surface area contributed by atoms with Gasteiger partial charge in [0.25, 0.3) is 0 Å². The van der Waals surface area contributed by atoms with Gasteiger partial charge in [-0.15, -0.1) is 5.92 Å². The van der Waals surface area contributed by atoms with Crippen molar-refractivity contribution in [2.75, 3.05) is 12.4 Å². The van der Waals surface area contributed by atoms with Crippen LogP contribution in [-0.4, -0.2) is 7.11 Å². The predicted octanol–water partition coefficient (Wildman–Crippen LogP) is 5.31. The highest BCUT2D eigenvalue weighted by Crippen LogP contribution is 2.26. The molecule has 1 atom stereocenters. The Morgan fingerprint density at radius 3 is 2.50 bits per heavy atom. The second kappa shape index (κ2) is 8.36. The maximum atomic E-state index is 6.32. The molecule has 22 heavy (non-hydrogen) atoms. The summed E-state index contributed by atoms with van der Waals surface area (Å²) in [6.07, 6.45) is 1.93. The molecule has 0 radical (unpaired) electrons. The van der Waals surface area contributed by atoms with Gasteiger partial charge in [-0.05, 0) is 36.8 Å². The van der Waals surface area contributed by atoms with Crippen LogP contribution < -0.4 is 10.1 Å². The molecule has 0 heterocycles. The number of methoxy groups -OCH3 is 1. The van der Waals surface area contributed by atoms with Crippen LogP contribution in [0.2, 0.25) is 5.02 Å². The largest absolute Gasteiger partial charge is 0.497 e. The fourth-order valence-electron chi connectivity index (χ4n) is 2.05.